The number of hydrogen-bond acceptors (Lipinski definition) is 6. The zero-order valence-electron chi connectivity index (χ0n) is 15.0. The van der Waals surface area contributed by atoms with E-state index in [9.17, 15) is 17.2 Å². The standard InChI is InChI=1S/C16H26F2N4O3S/c1-10(2)26(23,24)19-9-11-3-5-13(6-4-11)20-15-21-14(22-25-15)12-7-16(17,18)8-12/h10-13,19H,3-9H2,1-2H3,(H,20,21,22)/t11-,13-. The Morgan fingerprint density at radius 3 is 2.46 bits per heavy atom. The van der Waals surface area contributed by atoms with Gasteiger partial charge in [0.25, 0.3) is 0 Å². The molecule has 2 fully saturated rings. The van der Waals surface area contributed by atoms with Crippen molar-refractivity contribution in [1.29, 1.82) is 0 Å². The Morgan fingerprint density at radius 1 is 1.23 bits per heavy atom. The highest BCUT2D eigenvalue weighted by molar-refractivity contribution is 7.90. The summed E-state index contributed by atoms with van der Waals surface area (Å²) < 4.78 is 57.3. The minimum atomic E-state index is -3.22. The number of sulfonamides is 1. The van der Waals surface area contributed by atoms with E-state index in [1.54, 1.807) is 13.8 Å². The van der Waals surface area contributed by atoms with Crippen molar-refractivity contribution in [2.75, 3.05) is 11.9 Å². The Bertz CT molecular complexity index is 707. The maximum Gasteiger partial charge on any atom is 0.321 e. The molecule has 3 rings (SSSR count). The summed E-state index contributed by atoms with van der Waals surface area (Å²) in [5.74, 6) is -2.27. The predicted octanol–water partition coefficient (Wildman–Crippen LogP) is 2.88. The van der Waals surface area contributed by atoms with Gasteiger partial charge in [-0.2, -0.15) is 4.98 Å². The monoisotopic (exact) mass is 392 g/mol. The van der Waals surface area contributed by atoms with E-state index in [0.29, 0.717) is 18.3 Å². The van der Waals surface area contributed by atoms with Crippen LogP contribution in [0.25, 0.3) is 0 Å². The molecule has 0 unspecified atom stereocenters. The van der Waals surface area contributed by atoms with Gasteiger partial charge in [-0.25, -0.2) is 21.9 Å². The topological polar surface area (TPSA) is 97.1 Å². The minimum absolute atomic E-state index is 0.170. The molecule has 0 spiro atoms. The Morgan fingerprint density at radius 2 is 1.88 bits per heavy atom. The van der Waals surface area contributed by atoms with Crippen molar-refractivity contribution in [2.24, 2.45) is 5.92 Å². The van der Waals surface area contributed by atoms with E-state index >= 15 is 0 Å². The summed E-state index contributed by atoms with van der Waals surface area (Å²) in [5.41, 5.74) is 0. The largest absolute Gasteiger partial charge is 0.335 e. The van der Waals surface area contributed by atoms with Gasteiger partial charge in [-0.15, -0.1) is 0 Å². The Balaban J connectivity index is 1.41. The van der Waals surface area contributed by atoms with Crippen molar-refractivity contribution < 1.29 is 21.7 Å². The van der Waals surface area contributed by atoms with E-state index in [1.807, 2.05) is 0 Å². The molecule has 0 bridgehead atoms. The summed E-state index contributed by atoms with van der Waals surface area (Å²) in [6.45, 7) is 3.78. The zero-order valence-corrected chi connectivity index (χ0v) is 15.9. The molecule has 2 N–H and O–H groups in total. The molecule has 0 radical (unpaired) electrons. The number of nitrogens with one attached hydrogen (secondary N) is 2. The molecule has 10 heteroatoms. The summed E-state index contributed by atoms with van der Waals surface area (Å²) in [6, 6.07) is 0.447. The van der Waals surface area contributed by atoms with Crippen LogP contribution in [0.1, 0.15) is 64.1 Å². The highest BCUT2D eigenvalue weighted by atomic mass is 32.2. The van der Waals surface area contributed by atoms with E-state index < -0.39 is 21.2 Å². The van der Waals surface area contributed by atoms with Crippen molar-refractivity contribution in [1.82, 2.24) is 14.9 Å². The molecule has 1 heterocycles. The lowest BCUT2D eigenvalue weighted by Gasteiger charge is -2.32. The van der Waals surface area contributed by atoms with Gasteiger partial charge < -0.3 is 9.84 Å². The van der Waals surface area contributed by atoms with Crippen LogP contribution in [0.15, 0.2) is 4.52 Å². The average molecular weight is 392 g/mol. The van der Waals surface area contributed by atoms with E-state index in [1.165, 1.54) is 0 Å². The van der Waals surface area contributed by atoms with Gasteiger partial charge in [-0.3, -0.25) is 0 Å². The van der Waals surface area contributed by atoms with Crippen molar-refractivity contribution in [3.8, 4) is 0 Å². The van der Waals surface area contributed by atoms with Crippen LogP contribution in [0.3, 0.4) is 0 Å². The van der Waals surface area contributed by atoms with E-state index in [0.717, 1.165) is 25.7 Å². The minimum Gasteiger partial charge on any atom is -0.335 e. The van der Waals surface area contributed by atoms with Crippen molar-refractivity contribution in [3.05, 3.63) is 5.82 Å². The SMILES string of the molecule is CC(C)S(=O)(=O)NC[C@H]1CC[C@H](Nc2nc(C3CC(F)(F)C3)no2)CC1. The highest BCUT2D eigenvalue weighted by Crippen LogP contribution is 2.47. The van der Waals surface area contributed by atoms with Gasteiger partial charge in [-0.1, -0.05) is 5.16 Å². The first-order valence-corrected chi connectivity index (χ1v) is 10.7. The van der Waals surface area contributed by atoms with Crippen LogP contribution in [0.5, 0.6) is 0 Å². The van der Waals surface area contributed by atoms with Gasteiger partial charge in [0, 0.05) is 31.3 Å². The van der Waals surface area contributed by atoms with Crippen LogP contribution in [-0.4, -0.2) is 42.3 Å². The summed E-state index contributed by atoms with van der Waals surface area (Å²) in [7, 11) is -3.22. The molecule has 0 amide bonds. The van der Waals surface area contributed by atoms with Gasteiger partial charge >= 0.3 is 6.01 Å². The van der Waals surface area contributed by atoms with Gasteiger partial charge in [0.2, 0.25) is 15.9 Å². The number of hydrogen-bond donors (Lipinski definition) is 2. The van der Waals surface area contributed by atoms with Crippen LogP contribution in [0.4, 0.5) is 14.8 Å². The molecule has 1 aromatic rings. The Labute approximate surface area is 152 Å². The molecule has 2 saturated carbocycles. The van der Waals surface area contributed by atoms with Crippen LogP contribution >= 0.6 is 0 Å². The first kappa shape index (κ1) is 19.5. The van der Waals surface area contributed by atoms with Gasteiger partial charge in [-0.05, 0) is 45.4 Å². The molecule has 1 aromatic heterocycles. The first-order valence-electron chi connectivity index (χ1n) is 9.11. The van der Waals surface area contributed by atoms with E-state index in [4.69, 9.17) is 4.52 Å². The molecule has 0 aromatic carbocycles. The normalized spacial score (nSPS) is 26.7. The molecule has 0 atom stereocenters. The molecule has 0 saturated heterocycles. The maximum absolute atomic E-state index is 12.9. The summed E-state index contributed by atoms with van der Waals surface area (Å²) >= 11 is 0. The molecular weight excluding hydrogens is 366 g/mol. The summed E-state index contributed by atoms with van der Waals surface area (Å²) in [5, 5.41) is 6.54. The molecule has 26 heavy (non-hydrogen) atoms. The van der Waals surface area contributed by atoms with Crippen LogP contribution in [0, 0.1) is 5.92 Å². The van der Waals surface area contributed by atoms with E-state index in [-0.39, 0.29) is 30.8 Å². The molecule has 2 aliphatic carbocycles. The van der Waals surface area contributed by atoms with Crippen molar-refractivity contribution >= 4 is 16.0 Å². The van der Waals surface area contributed by atoms with Gasteiger partial charge in [0.15, 0.2) is 5.82 Å². The molecule has 2 aliphatic rings. The van der Waals surface area contributed by atoms with Crippen molar-refractivity contribution in [3.63, 3.8) is 0 Å². The number of halogens is 2. The van der Waals surface area contributed by atoms with E-state index in [2.05, 4.69) is 20.2 Å². The number of alkyl halides is 2. The second-order valence-electron chi connectivity index (χ2n) is 7.72. The maximum atomic E-state index is 12.9. The molecule has 7 nitrogen and oxygen atoms in total. The fraction of sp³-hybridized carbons (Fsp3) is 0.875. The third kappa shape index (κ3) is 4.70. The fourth-order valence-corrected chi connectivity index (χ4v) is 4.19. The second kappa shape index (κ2) is 7.38. The Kier molecular flexibility index (Phi) is 5.53. The zero-order chi connectivity index (χ0) is 18.9. The molecular formula is C16H26F2N4O3S. The summed E-state index contributed by atoms with van der Waals surface area (Å²) in [4.78, 5) is 4.19. The Hall–Kier alpha value is -1.29. The second-order valence-corrected chi connectivity index (χ2v) is 10.0. The lowest BCUT2D eigenvalue weighted by molar-refractivity contribution is -0.0888. The number of aromatic nitrogens is 2. The predicted molar refractivity (Wildman–Crippen MR) is 92.6 cm³/mol. The molecule has 148 valence electrons. The smallest absolute Gasteiger partial charge is 0.321 e. The molecule has 0 aliphatic heterocycles. The van der Waals surface area contributed by atoms with Gasteiger partial charge in [0.05, 0.1) is 5.25 Å². The number of rotatable bonds is 7. The van der Waals surface area contributed by atoms with Gasteiger partial charge in [0.1, 0.15) is 0 Å². The van der Waals surface area contributed by atoms with Crippen molar-refractivity contribution in [2.45, 2.75) is 75.5 Å². The first-order chi connectivity index (χ1) is 12.1. The number of anilines is 1. The third-order valence-corrected chi connectivity index (χ3v) is 7.08. The van der Waals surface area contributed by atoms with Crippen LogP contribution in [0.2, 0.25) is 0 Å². The third-order valence-electron chi connectivity index (χ3n) is 5.27. The fourth-order valence-electron chi connectivity index (χ4n) is 3.39. The van der Waals surface area contributed by atoms with Crippen LogP contribution < -0.4 is 10.0 Å². The average Bonchev–Trinajstić information content (AvgIpc) is 3.00. The number of nitrogens with zero attached hydrogens (tertiary/aromatic N) is 2. The summed E-state index contributed by atoms with van der Waals surface area (Å²) in [6.07, 6.45) is 3.09. The highest BCUT2D eigenvalue weighted by Gasteiger charge is 2.48. The quantitative estimate of drug-likeness (QED) is 0.741. The van der Waals surface area contributed by atoms with Crippen LogP contribution in [-0.2, 0) is 10.0 Å². The lowest BCUT2D eigenvalue weighted by atomic mass is 9.81. The lowest BCUT2D eigenvalue weighted by Crippen LogP contribution is -2.37.